The van der Waals surface area contributed by atoms with Crippen LogP contribution in [-0.2, 0) is 4.79 Å². The molecule has 0 unspecified atom stereocenters. The van der Waals surface area contributed by atoms with Crippen molar-refractivity contribution >= 4 is 29.7 Å². The molecule has 14 heavy (non-hydrogen) atoms. The molecule has 5 heteroatoms. The van der Waals surface area contributed by atoms with E-state index in [1.165, 1.54) is 24.3 Å². The van der Waals surface area contributed by atoms with E-state index < -0.39 is 4.92 Å². The summed E-state index contributed by atoms with van der Waals surface area (Å²) in [6.07, 6.45) is 3.01. The lowest BCUT2D eigenvalue weighted by atomic mass is 10.1. The van der Waals surface area contributed by atoms with Crippen LogP contribution < -0.4 is 0 Å². The first kappa shape index (κ1) is 10.4. The summed E-state index contributed by atoms with van der Waals surface area (Å²) in [5.74, 6) is 0. The average Bonchev–Trinajstić information content (AvgIpc) is 2.15. The highest BCUT2D eigenvalue weighted by Crippen LogP contribution is 2.27. The zero-order valence-corrected chi connectivity index (χ0v) is 7.77. The molecule has 1 rings (SSSR count). The van der Waals surface area contributed by atoms with Crippen LogP contribution in [0.5, 0.6) is 0 Å². The van der Waals surface area contributed by atoms with Gasteiger partial charge in [0.1, 0.15) is 6.29 Å². The van der Waals surface area contributed by atoms with Gasteiger partial charge >= 0.3 is 0 Å². The van der Waals surface area contributed by atoms with Crippen molar-refractivity contribution in [2.45, 2.75) is 0 Å². The third-order valence-electron chi connectivity index (χ3n) is 1.57. The standard InChI is InChI=1S/C9H6ClNO3/c10-8-4-1-5-9(11(13)14)7(8)3-2-6-12/h1-6H. The van der Waals surface area contributed by atoms with Gasteiger partial charge in [-0.3, -0.25) is 14.9 Å². The van der Waals surface area contributed by atoms with Crippen LogP contribution in [0.1, 0.15) is 5.56 Å². The SMILES string of the molecule is O=CC=Cc1c(Cl)cccc1[N+](=O)[O-]. The molecule has 0 aliphatic carbocycles. The lowest BCUT2D eigenvalue weighted by molar-refractivity contribution is -0.385. The van der Waals surface area contributed by atoms with Crippen LogP contribution in [0.25, 0.3) is 6.08 Å². The van der Waals surface area contributed by atoms with Gasteiger partial charge in [0, 0.05) is 6.07 Å². The van der Waals surface area contributed by atoms with E-state index in [4.69, 9.17) is 11.6 Å². The van der Waals surface area contributed by atoms with E-state index in [0.29, 0.717) is 6.29 Å². The van der Waals surface area contributed by atoms with Gasteiger partial charge in [-0.2, -0.15) is 0 Å². The maximum absolute atomic E-state index is 10.6. The first-order chi connectivity index (χ1) is 6.66. The molecule has 0 amide bonds. The minimum atomic E-state index is -0.545. The van der Waals surface area contributed by atoms with E-state index in [-0.39, 0.29) is 16.3 Å². The molecule has 0 aliphatic heterocycles. The first-order valence-corrected chi connectivity index (χ1v) is 4.09. The molecule has 0 aliphatic rings. The highest BCUT2D eigenvalue weighted by Gasteiger charge is 2.13. The summed E-state index contributed by atoms with van der Waals surface area (Å²) in [7, 11) is 0. The molecule has 4 nitrogen and oxygen atoms in total. The normalized spacial score (nSPS) is 10.4. The van der Waals surface area contributed by atoms with Gasteiger partial charge in [-0.15, -0.1) is 0 Å². The van der Waals surface area contributed by atoms with E-state index in [2.05, 4.69) is 0 Å². The van der Waals surface area contributed by atoms with Crippen molar-refractivity contribution in [3.63, 3.8) is 0 Å². The molecule has 0 bridgehead atoms. The molecule has 0 atom stereocenters. The van der Waals surface area contributed by atoms with Crippen LogP contribution >= 0.6 is 11.6 Å². The second-order valence-corrected chi connectivity index (χ2v) is 2.83. The third kappa shape index (κ3) is 2.17. The summed E-state index contributed by atoms with van der Waals surface area (Å²) >= 11 is 5.74. The number of carbonyl (C=O) groups is 1. The van der Waals surface area contributed by atoms with Crippen LogP contribution in [0.2, 0.25) is 5.02 Å². The minimum absolute atomic E-state index is 0.115. The Balaban J connectivity index is 3.28. The molecule has 0 heterocycles. The van der Waals surface area contributed by atoms with E-state index in [1.54, 1.807) is 0 Å². The Kier molecular flexibility index (Phi) is 3.36. The molecule has 0 radical (unpaired) electrons. The Morgan fingerprint density at radius 3 is 2.71 bits per heavy atom. The van der Waals surface area contributed by atoms with E-state index in [0.717, 1.165) is 6.08 Å². The quantitative estimate of drug-likeness (QED) is 0.334. The zero-order valence-electron chi connectivity index (χ0n) is 7.01. The summed E-state index contributed by atoms with van der Waals surface area (Å²) < 4.78 is 0. The monoisotopic (exact) mass is 211 g/mol. The highest BCUT2D eigenvalue weighted by molar-refractivity contribution is 6.32. The maximum Gasteiger partial charge on any atom is 0.278 e. The van der Waals surface area contributed by atoms with Crippen LogP contribution in [0.4, 0.5) is 5.69 Å². The Morgan fingerprint density at radius 2 is 2.14 bits per heavy atom. The number of nitrogens with zero attached hydrogens (tertiary/aromatic N) is 1. The minimum Gasteiger partial charge on any atom is -0.299 e. The van der Waals surface area contributed by atoms with Crippen LogP contribution in [-0.4, -0.2) is 11.2 Å². The predicted molar refractivity (Wildman–Crippen MR) is 53.2 cm³/mol. The Morgan fingerprint density at radius 1 is 1.43 bits per heavy atom. The molecule has 1 aromatic carbocycles. The summed E-state index contributed by atoms with van der Waals surface area (Å²) in [5.41, 5.74) is 0.127. The van der Waals surface area contributed by atoms with Gasteiger partial charge in [0.2, 0.25) is 0 Å². The smallest absolute Gasteiger partial charge is 0.278 e. The van der Waals surface area contributed by atoms with Crippen LogP contribution in [0.3, 0.4) is 0 Å². The fraction of sp³-hybridized carbons (Fsp3) is 0. The number of nitro benzene ring substituents is 1. The predicted octanol–water partition coefficient (Wildman–Crippen LogP) is 2.46. The molecule has 0 fully saturated rings. The number of halogens is 1. The maximum atomic E-state index is 10.6. The van der Waals surface area contributed by atoms with Crippen molar-refractivity contribution in [1.82, 2.24) is 0 Å². The highest BCUT2D eigenvalue weighted by atomic mass is 35.5. The van der Waals surface area contributed by atoms with Crippen LogP contribution in [0.15, 0.2) is 24.3 Å². The average molecular weight is 212 g/mol. The number of aldehydes is 1. The molecule has 72 valence electrons. The number of allylic oxidation sites excluding steroid dienone is 1. The second-order valence-electron chi connectivity index (χ2n) is 2.42. The van der Waals surface area contributed by atoms with Crippen molar-refractivity contribution in [1.29, 1.82) is 0 Å². The molecule has 0 N–H and O–H groups in total. The Labute approximate surface area is 85.0 Å². The van der Waals surface area contributed by atoms with Gasteiger partial charge in [-0.1, -0.05) is 17.7 Å². The zero-order chi connectivity index (χ0) is 10.6. The number of nitro groups is 1. The Hall–Kier alpha value is -1.68. The first-order valence-electron chi connectivity index (χ1n) is 3.71. The van der Waals surface area contributed by atoms with E-state index in [9.17, 15) is 14.9 Å². The van der Waals surface area contributed by atoms with Gasteiger partial charge < -0.3 is 0 Å². The Bertz CT molecular complexity index is 401. The largest absolute Gasteiger partial charge is 0.299 e. The molecule has 1 aromatic rings. The molecule has 0 aromatic heterocycles. The molecule has 0 saturated carbocycles. The lowest BCUT2D eigenvalue weighted by Crippen LogP contribution is -1.91. The molecule has 0 spiro atoms. The summed E-state index contributed by atoms with van der Waals surface area (Å²) in [5, 5.41) is 10.8. The van der Waals surface area contributed by atoms with Crippen molar-refractivity contribution < 1.29 is 9.72 Å². The molecular formula is C9H6ClNO3. The van der Waals surface area contributed by atoms with Crippen molar-refractivity contribution in [3.05, 3.63) is 45.0 Å². The van der Waals surface area contributed by atoms with E-state index >= 15 is 0 Å². The third-order valence-corrected chi connectivity index (χ3v) is 1.90. The number of benzene rings is 1. The lowest BCUT2D eigenvalue weighted by Gasteiger charge is -1.98. The molecular weight excluding hydrogens is 206 g/mol. The molecule has 0 saturated heterocycles. The summed E-state index contributed by atoms with van der Waals surface area (Å²) in [6.45, 7) is 0. The fourth-order valence-corrected chi connectivity index (χ4v) is 1.22. The van der Waals surface area contributed by atoms with Gasteiger partial charge in [0.15, 0.2) is 0 Å². The van der Waals surface area contributed by atoms with Crippen molar-refractivity contribution in [2.75, 3.05) is 0 Å². The van der Waals surface area contributed by atoms with Gasteiger partial charge in [0.25, 0.3) is 5.69 Å². The van der Waals surface area contributed by atoms with E-state index in [1.807, 2.05) is 0 Å². The summed E-state index contributed by atoms with van der Waals surface area (Å²) in [4.78, 5) is 20.1. The second kappa shape index (κ2) is 4.53. The van der Waals surface area contributed by atoms with Crippen molar-refractivity contribution in [2.24, 2.45) is 0 Å². The number of carbonyl (C=O) groups excluding carboxylic acids is 1. The van der Waals surface area contributed by atoms with Gasteiger partial charge in [-0.25, -0.2) is 0 Å². The fourth-order valence-electron chi connectivity index (χ4n) is 0.985. The van der Waals surface area contributed by atoms with Gasteiger partial charge in [0.05, 0.1) is 15.5 Å². The van der Waals surface area contributed by atoms with Crippen LogP contribution in [0, 0.1) is 10.1 Å². The van der Waals surface area contributed by atoms with Gasteiger partial charge in [-0.05, 0) is 18.2 Å². The summed E-state index contributed by atoms with van der Waals surface area (Å²) in [6, 6.07) is 4.34. The number of hydrogen-bond donors (Lipinski definition) is 0. The number of rotatable bonds is 3. The topological polar surface area (TPSA) is 60.2 Å². The van der Waals surface area contributed by atoms with Crippen molar-refractivity contribution in [3.8, 4) is 0 Å². The number of hydrogen-bond acceptors (Lipinski definition) is 3.